The minimum absolute atomic E-state index is 0.00992. The molecule has 0 fully saturated rings. The lowest BCUT2D eigenvalue weighted by atomic mass is 10.2. The molecule has 0 bridgehead atoms. The lowest BCUT2D eigenvalue weighted by Crippen LogP contribution is -2.34. The molecule has 1 amide bonds. The molecule has 0 saturated heterocycles. The van der Waals surface area contributed by atoms with Crippen LogP contribution in [-0.2, 0) is 0 Å². The van der Waals surface area contributed by atoms with Crippen molar-refractivity contribution in [2.24, 2.45) is 0 Å². The molecule has 0 radical (unpaired) electrons. The molecule has 0 unspecified atom stereocenters. The molecular formula is C17H12Cl2N2O5S. The Hall–Kier alpha value is -2.55. The van der Waals surface area contributed by atoms with Crippen LogP contribution in [0.5, 0.6) is 11.5 Å². The summed E-state index contributed by atoms with van der Waals surface area (Å²) in [5.74, 6) is -0.661. The van der Waals surface area contributed by atoms with Crippen molar-refractivity contribution in [3.8, 4) is 11.5 Å². The van der Waals surface area contributed by atoms with Gasteiger partial charge < -0.3 is 19.9 Å². The number of carboxylic acid groups (broad SMARTS) is 1. The number of amides is 1. The normalized spacial score (nSPS) is 12.2. The molecule has 0 saturated carbocycles. The van der Waals surface area contributed by atoms with Crippen LogP contribution >= 0.6 is 35.4 Å². The average Bonchev–Trinajstić information content (AvgIpc) is 2.63. The minimum Gasteiger partial charge on any atom is -0.486 e. The number of aromatic carboxylic acids is 1. The van der Waals surface area contributed by atoms with Crippen LogP contribution in [-0.4, -0.2) is 35.3 Å². The van der Waals surface area contributed by atoms with E-state index >= 15 is 0 Å². The lowest BCUT2D eigenvalue weighted by Gasteiger charge is -2.18. The summed E-state index contributed by atoms with van der Waals surface area (Å²) in [6.07, 6.45) is 0. The Morgan fingerprint density at radius 3 is 2.44 bits per heavy atom. The maximum atomic E-state index is 12.4. The molecule has 27 heavy (non-hydrogen) atoms. The van der Waals surface area contributed by atoms with Crippen LogP contribution in [0.15, 0.2) is 30.3 Å². The second kappa shape index (κ2) is 7.99. The van der Waals surface area contributed by atoms with Gasteiger partial charge in [0, 0.05) is 5.56 Å². The van der Waals surface area contributed by atoms with Gasteiger partial charge in [-0.3, -0.25) is 10.1 Å². The molecule has 3 N–H and O–H groups in total. The van der Waals surface area contributed by atoms with Crippen molar-refractivity contribution >= 4 is 58.1 Å². The molecule has 0 spiro atoms. The summed E-state index contributed by atoms with van der Waals surface area (Å²) in [7, 11) is 0. The van der Waals surface area contributed by atoms with Crippen LogP contribution in [0.3, 0.4) is 0 Å². The van der Waals surface area contributed by atoms with Crippen LogP contribution in [0.1, 0.15) is 20.7 Å². The van der Waals surface area contributed by atoms with Crippen molar-refractivity contribution in [1.82, 2.24) is 5.32 Å². The first-order chi connectivity index (χ1) is 12.8. The molecule has 3 rings (SSSR count). The molecule has 1 aliphatic heterocycles. The number of thiocarbonyl (C=S) groups is 1. The number of ether oxygens (including phenoxy) is 2. The molecule has 2 aromatic rings. The maximum absolute atomic E-state index is 12.4. The first kappa shape index (κ1) is 19.2. The standard InChI is InChI=1S/C17H12Cl2N2O5S/c18-10-7-11(19)12(6-9(10)16(23)24)20-17(27)21-15(22)8-1-2-13-14(5-8)26-4-3-25-13/h1-2,5-7H,3-4H2,(H,23,24)(H2,20,21,22,27). The Morgan fingerprint density at radius 1 is 1.04 bits per heavy atom. The van der Waals surface area contributed by atoms with Crippen molar-refractivity contribution in [2.45, 2.75) is 0 Å². The highest BCUT2D eigenvalue weighted by Gasteiger charge is 2.17. The summed E-state index contributed by atoms with van der Waals surface area (Å²) < 4.78 is 10.8. The Bertz CT molecular complexity index is 951. The van der Waals surface area contributed by atoms with E-state index in [2.05, 4.69) is 10.6 Å². The third-order valence-corrected chi connectivity index (χ3v) is 4.40. The Kier molecular flexibility index (Phi) is 5.69. The fourth-order valence-corrected chi connectivity index (χ4v) is 3.04. The van der Waals surface area contributed by atoms with E-state index in [1.807, 2.05) is 0 Å². The maximum Gasteiger partial charge on any atom is 0.337 e. The number of rotatable bonds is 3. The van der Waals surface area contributed by atoms with Gasteiger partial charge in [-0.05, 0) is 42.5 Å². The fraction of sp³-hybridized carbons (Fsp3) is 0.118. The van der Waals surface area contributed by atoms with Crippen LogP contribution in [0.25, 0.3) is 0 Å². The molecule has 10 heteroatoms. The summed E-state index contributed by atoms with van der Waals surface area (Å²) >= 11 is 17.0. The highest BCUT2D eigenvalue weighted by Crippen LogP contribution is 2.31. The molecule has 7 nitrogen and oxygen atoms in total. The highest BCUT2D eigenvalue weighted by atomic mass is 35.5. The summed E-state index contributed by atoms with van der Waals surface area (Å²) in [6.45, 7) is 0.853. The summed E-state index contributed by atoms with van der Waals surface area (Å²) in [4.78, 5) is 23.5. The number of hydrogen-bond acceptors (Lipinski definition) is 5. The van der Waals surface area contributed by atoms with Crippen molar-refractivity contribution in [3.05, 3.63) is 51.5 Å². The van der Waals surface area contributed by atoms with E-state index in [1.165, 1.54) is 12.1 Å². The second-order valence-corrected chi connectivity index (χ2v) is 6.61. The van der Waals surface area contributed by atoms with E-state index in [9.17, 15) is 9.59 Å². The number of carbonyl (C=O) groups excluding carboxylic acids is 1. The number of nitrogens with one attached hydrogen (secondary N) is 2. The van der Waals surface area contributed by atoms with Crippen LogP contribution in [0.2, 0.25) is 10.0 Å². The molecule has 1 heterocycles. The van der Waals surface area contributed by atoms with Gasteiger partial charge in [0.15, 0.2) is 16.6 Å². The van der Waals surface area contributed by atoms with E-state index < -0.39 is 11.9 Å². The molecule has 0 aliphatic carbocycles. The summed E-state index contributed by atoms with van der Waals surface area (Å²) in [5.41, 5.74) is 0.368. The number of fused-ring (bicyclic) bond motifs is 1. The van der Waals surface area contributed by atoms with Gasteiger partial charge in [0.05, 0.1) is 21.3 Å². The summed E-state index contributed by atoms with van der Waals surface area (Å²) in [5, 5.41) is 14.4. The molecule has 1 aliphatic rings. The molecule has 0 atom stereocenters. The van der Waals surface area contributed by atoms with Gasteiger partial charge in [0.1, 0.15) is 13.2 Å². The van der Waals surface area contributed by atoms with Gasteiger partial charge in [0.25, 0.3) is 5.91 Å². The second-order valence-electron chi connectivity index (χ2n) is 5.38. The van der Waals surface area contributed by atoms with E-state index in [0.29, 0.717) is 30.3 Å². The lowest BCUT2D eigenvalue weighted by molar-refractivity contribution is 0.0697. The van der Waals surface area contributed by atoms with E-state index in [-0.39, 0.29) is 26.4 Å². The van der Waals surface area contributed by atoms with Crippen LogP contribution in [0, 0.1) is 0 Å². The average molecular weight is 427 g/mol. The van der Waals surface area contributed by atoms with Crippen molar-refractivity contribution in [2.75, 3.05) is 18.5 Å². The number of carboxylic acids is 1. The quantitative estimate of drug-likeness (QED) is 0.645. The first-order valence-electron chi connectivity index (χ1n) is 7.59. The third kappa shape index (κ3) is 4.41. The zero-order chi connectivity index (χ0) is 19.6. The largest absolute Gasteiger partial charge is 0.486 e. The number of halogens is 2. The van der Waals surface area contributed by atoms with E-state index in [0.717, 1.165) is 0 Å². The topological polar surface area (TPSA) is 96.9 Å². The third-order valence-electron chi connectivity index (χ3n) is 3.57. The van der Waals surface area contributed by atoms with E-state index in [1.54, 1.807) is 18.2 Å². The fourth-order valence-electron chi connectivity index (χ4n) is 2.32. The van der Waals surface area contributed by atoms with Gasteiger partial charge in [0.2, 0.25) is 0 Å². The van der Waals surface area contributed by atoms with Crippen LogP contribution in [0.4, 0.5) is 5.69 Å². The smallest absolute Gasteiger partial charge is 0.337 e. The first-order valence-corrected chi connectivity index (χ1v) is 8.76. The monoisotopic (exact) mass is 426 g/mol. The molecule has 2 aromatic carbocycles. The molecule has 140 valence electrons. The Morgan fingerprint density at radius 2 is 1.74 bits per heavy atom. The zero-order valence-corrected chi connectivity index (χ0v) is 15.9. The van der Waals surface area contributed by atoms with Gasteiger partial charge >= 0.3 is 5.97 Å². The van der Waals surface area contributed by atoms with E-state index in [4.69, 9.17) is 50.0 Å². The Balaban J connectivity index is 1.72. The van der Waals surface area contributed by atoms with Gasteiger partial charge in [-0.25, -0.2) is 4.79 Å². The van der Waals surface area contributed by atoms with Gasteiger partial charge in [-0.1, -0.05) is 23.2 Å². The summed E-state index contributed by atoms with van der Waals surface area (Å²) in [6, 6.07) is 7.26. The van der Waals surface area contributed by atoms with Crippen LogP contribution < -0.4 is 20.1 Å². The van der Waals surface area contributed by atoms with Crippen molar-refractivity contribution < 1.29 is 24.2 Å². The molecular weight excluding hydrogens is 415 g/mol. The van der Waals surface area contributed by atoms with Gasteiger partial charge in [-0.15, -0.1) is 0 Å². The van der Waals surface area contributed by atoms with Gasteiger partial charge in [-0.2, -0.15) is 0 Å². The van der Waals surface area contributed by atoms with Crippen molar-refractivity contribution in [1.29, 1.82) is 0 Å². The number of benzene rings is 2. The number of anilines is 1. The minimum atomic E-state index is -1.22. The number of carbonyl (C=O) groups is 2. The Labute approximate surface area is 169 Å². The predicted octanol–water partition coefficient (Wildman–Crippen LogP) is 3.59. The zero-order valence-electron chi connectivity index (χ0n) is 13.5. The predicted molar refractivity (Wildman–Crippen MR) is 105 cm³/mol. The van der Waals surface area contributed by atoms with Crippen molar-refractivity contribution in [3.63, 3.8) is 0 Å². The molecule has 0 aromatic heterocycles. The SMILES string of the molecule is O=C(NC(=S)Nc1cc(C(=O)O)c(Cl)cc1Cl)c1ccc2c(c1)OCCO2. The highest BCUT2D eigenvalue weighted by molar-refractivity contribution is 7.80. The number of hydrogen-bond donors (Lipinski definition) is 3.